The second-order valence-electron chi connectivity index (χ2n) is 9.45. The summed E-state index contributed by atoms with van der Waals surface area (Å²) < 4.78 is 34.8. The number of piperidine rings is 1. The van der Waals surface area contributed by atoms with Crippen molar-refractivity contribution < 1.29 is 32.7 Å². The fourth-order valence-corrected chi connectivity index (χ4v) is 4.87. The molecule has 3 heterocycles. The molecule has 0 bridgehead atoms. The van der Waals surface area contributed by atoms with Gasteiger partial charge in [-0.25, -0.2) is 9.59 Å². The van der Waals surface area contributed by atoms with E-state index in [0.29, 0.717) is 18.0 Å². The van der Waals surface area contributed by atoms with E-state index < -0.39 is 24.1 Å². The van der Waals surface area contributed by atoms with Gasteiger partial charge in [-0.05, 0) is 55.3 Å². The number of imidazole rings is 1. The molecule has 0 spiro atoms. The molecule has 208 valence electrons. The largest absolute Gasteiger partial charge is 0.490 e. The molecule has 39 heavy (non-hydrogen) atoms. The number of aromatic nitrogens is 2. The van der Waals surface area contributed by atoms with E-state index in [0.717, 1.165) is 36.2 Å². The number of carboxylic acids is 1. The average Bonchev–Trinajstić information content (AvgIpc) is 3.47. The van der Waals surface area contributed by atoms with Gasteiger partial charge in [0, 0.05) is 38.3 Å². The summed E-state index contributed by atoms with van der Waals surface area (Å²) in [6.45, 7) is 2.06. The summed E-state index contributed by atoms with van der Waals surface area (Å²) in [6, 6.07) is 14.2. The highest BCUT2D eigenvalue weighted by Crippen LogP contribution is 2.29. The fraction of sp³-hybridized carbons (Fsp3) is 0.385. The number of fused-ring (bicyclic) bond motifs is 1. The van der Waals surface area contributed by atoms with Crippen LogP contribution < -0.4 is 21.2 Å². The van der Waals surface area contributed by atoms with Gasteiger partial charge in [-0.3, -0.25) is 24.0 Å². The van der Waals surface area contributed by atoms with Crippen molar-refractivity contribution in [3.63, 3.8) is 0 Å². The number of nitrogens with zero attached hydrogens (tertiary/aromatic N) is 3. The monoisotopic (exact) mass is 547 g/mol. The second kappa shape index (κ2) is 10.9. The summed E-state index contributed by atoms with van der Waals surface area (Å²) in [4.78, 5) is 48.1. The van der Waals surface area contributed by atoms with Crippen molar-refractivity contribution in [2.45, 2.75) is 37.5 Å². The molecule has 2 saturated heterocycles. The summed E-state index contributed by atoms with van der Waals surface area (Å²) in [5, 5.41) is 12.8. The Morgan fingerprint density at radius 3 is 2.23 bits per heavy atom. The first-order valence-corrected chi connectivity index (χ1v) is 12.3. The fourth-order valence-electron chi connectivity index (χ4n) is 4.87. The third-order valence-electron chi connectivity index (χ3n) is 7.02. The van der Waals surface area contributed by atoms with Gasteiger partial charge < -0.3 is 15.3 Å². The molecule has 3 N–H and O–H groups in total. The summed E-state index contributed by atoms with van der Waals surface area (Å²) in [7, 11) is 3.72. The zero-order valence-electron chi connectivity index (χ0n) is 21.3. The van der Waals surface area contributed by atoms with Crippen molar-refractivity contribution in [1.29, 1.82) is 0 Å². The number of rotatable bonds is 4. The quantitative estimate of drug-likeness (QED) is 0.429. The van der Waals surface area contributed by atoms with E-state index in [-0.39, 0.29) is 18.0 Å². The summed E-state index contributed by atoms with van der Waals surface area (Å²) >= 11 is 0. The van der Waals surface area contributed by atoms with Gasteiger partial charge in [-0.2, -0.15) is 13.2 Å². The first-order chi connectivity index (χ1) is 18.4. The third-order valence-corrected chi connectivity index (χ3v) is 7.02. The minimum absolute atomic E-state index is 0.232. The molecule has 10 nitrogen and oxygen atoms in total. The Balaban J connectivity index is 0.000000448. The number of nitrogens with one attached hydrogen (secondary N) is 2. The number of imide groups is 1. The number of aliphatic carboxylic acids is 1. The first kappa shape index (κ1) is 27.9. The molecular formula is C26H28F3N5O5. The Hall–Kier alpha value is -4.13. The van der Waals surface area contributed by atoms with Gasteiger partial charge >= 0.3 is 17.8 Å². The van der Waals surface area contributed by atoms with E-state index >= 15 is 0 Å². The van der Waals surface area contributed by atoms with E-state index in [4.69, 9.17) is 9.90 Å². The summed E-state index contributed by atoms with van der Waals surface area (Å²) in [5.74, 6) is -3.47. The van der Waals surface area contributed by atoms with Crippen LogP contribution in [0.4, 0.5) is 18.9 Å². The second-order valence-corrected chi connectivity index (χ2v) is 9.45. The van der Waals surface area contributed by atoms with Crippen LogP contribution in [-0.2, 0) is 21.4 Å². The molecule has 3 aromatic rings. The third kappa shape index (κ3) is 5.82. The molecule has 1 unspecified atom stereocenters. The number of hydrogen-bond acceptors (Lipinski definition) is 6. The zero-order valence-corrected chi connectivity index (χ0v) is 21.3. The van der Waals surface area contributed by atoms with Gasteiger partial charge in [0.2, 0.25) is 11.8 Å². The highest BCUT2D eigenvalue weighted by molar-refractivity contribution is 6.00. The molecule has 13 heteroatoms. The lowest BCUT2D eigenvalue weighted by atomic mass is 10.0. The summed E-state index contributed by atoms with van der Waals surface area (Å²) in [5.41, 5.74) is 4.50. The molecule has 5 rings (SSSR count). The zero-order chi connectivity index (χ0) is 28.5. The van der Waals surface area contributed by atoms with Crippen LogP contribution in [0, 0.1) is 0 Å². The van der Waals surface area contributed by atoms with Crippen molar-refractivity contribution in [2.24, 2.45) is 7.05 Å². The summed E-state index contributed by atoms with van der Waals surface area (Å²) in [6.07, 6.45) is -3.37. The maximum atomic E-state index is 13.0. The molecular weight excluding hydrogens is 519 g/mol. The molecule has 2 atom stereocenters. The van der Waals surface area contributed by atoms with Crippen molar-refractivity contribution in [3.05, 3.63) is 52.9 Å². The van der Waals surface area contributed by atoms with Crippen LogP contribution in [0.1, 0.15) is 25.3 Å². The molecule has 0 saturated carbocycles. The normalized spacial score (nSPS) is 19.6. The van der Waals surface area contributed by atoms with Crippen molar-refractivity contribution in [3.8, 4) is 11.1 Å². The lowest BCUT2D eigenvalue weighted by molar-refractivity contribution is -0.192. The lowest BCUT2D eigenvalue weighted by Gasteiger charge is -2.22. The number of carbonyl (C=O) groups is 3. The minimum atomic E-state index is -5.08. The highest BCUT2D eigenvalue weighted by atomic mass is 19.4. The smallest absolute Gasteiger partial charge is 0.475 e. The SMILES string of the molecule is CN[C@@H]1CCN(c2ccc(-c3ccc4c(c3)n(C)c(=O)n4C3CCC(=O)NC3=O)cc2)C1.O=C(O)C(F)(F)F. The molecule has 1 aromatic heterocycles. The first-order valence-electron chi connectivity index (χ1n) is 12.3. The van der Waals surface area contributed by atoms with Gasteiger partial charge in [0.15, 0.2) is 0 Å². The number of alkyl halides is 3. The van der Waals surface area contributed by atoms with Crippen LogP contribution >= 0.6 is 0 Å². The molecule has 2 aliphatic rings. The van der Waals surface area contributed by atoms with E-state index in [1.54, 1.807) is 11.6 Å². The molecule has 2 fully saturated rings. The van der Waals surface area contributed by atoms with Crippen LogP contribution in [0.3, 0.4) is 0 Å². The van der Waals surface area contributed by atoms with Gasteiger partial charge in [-0.15, -0.1) is 0 Å². The predicted octanol–water partition coefficient (Wildman–Crippen LogP) is 2.42. The maximum absolute atomic E-state index is 13.0. The minimum Gasteiger partial charge on any atom is -0.475 e. The number of anilines is 1. The van der Waals surface area contributed by atoms with Crippen LogP contribution in [-0.4, -0.2) is 64.4 Å². The van der Waals surface area contributed by atoms with Gasteiger partial charge in [0.25, 0.3) is 0 Å². The Morgan fingerprint density at radius 1 is 1.03 bits per heavy atom. The Morgan fingerprint density at radius 2 is 1.67 bits per heavy atom. The molecule has 2 aliphatic heterocycles. The van der Waals surface area contributed by atoms with E-state index in [9.17, 15) is 27.6 Å². The van der Waals surface area contributed by atoms with Gasteiger partial charge in [-0.1, -0.05) is 18.2 Å². The highest BCUT2D eigenvalue weighted by Gasteiger charge is 2.38. The Kier molecular flexibility index (Phi) is 7.82. The number of hydrogen-bond donors (Lipinski definition) is 3. The number of carboxylic acid groups (broad SMARTS) is 1. The molecule has 2 amide bonds. The van der Waals surface area contributed by atoms with Crippen LogP contribution in [0.25, 0.3) is 22.2 Å². The number of benzene rings is 2. The average molecular weight is 548 g/mol. The number of amides is 2. The van der Waals surface area contributed by atoms with Crippen LogP contribution in [0.5, 0.6) is 0 Å². The van der Waals surface area contributed by atoms with Gasteiger partial charge in [0.05, 0.1) is 11.0 Å². The lowest BCUT2D eigenvalue weighted by Crippen LogP contribution is -2.44. The van der Waals surface area contributed by atoms with E-state index in [2.05, 4.69) is 39.8 Å². The number of halogens is 3. The predicted molar refractivity (Wildman–Crippen MR) is 137 cm³/mol. The number of carbonyl (C=O) groups excluding carboxylic acids is 2. The molecule has 2 aromatic carbocycles. The number of likely N-dealkylation sites (N-methyl/N-ethyl adjacent to an activating group) is 1. The molecule has 0 aliphatic carbocycles. The van der Waals surface area contributed by atoms with Crippen molar-refractivity contribution in [2.75, 3.05) is 25.0 Å². The van der Waals surface area contributed by atoms with Gasteiger partial charge in [0.1, 0.15) is 6.04 Å². The molecule has 0 radical (unpaired) electrons. The van der Waals surface area contributed by atoms with Crippen molar-refractivity contribution >= 4 is 34.5 Å². The van der Waals surface area contributed by atoms with Crippen molar-refractivity contribution in [1.82, 2.24) is 19.8 Å². The standard InChI is InChI=1S/C24H27N5O3.C2HF3O2/c1-25-17-11-12-28(14-17)18-6-3-15(4-7-18)16-5-8-19-21(13-16)27(2)24(32)29(19)20-9-10-22(30)26-23(20)31;3-2(4,5)1(6)7/h3-8,13,17,20,25H,9-12,14H2,1-2H3,(H,26,30,31);(H,6,7)/t17-,20?;/m1./s1. The van der Waals surface area contributed by atoms with E-state index in [1.165, 1.54) is 10.3 Å². The number of aryl methyl sites for hydroxylation is 1. The Labute approximate surface area is 221 Å². The van der Waals surface area contributed by atoms with Crippen LogP contribution in [0.2, 0.25) is 0 Å². The maximum Gasteiger partial charge on any atom is 0.490 e. The van der Waals surface area contributed by atoms with Crippen LogP contribution in [0.15, 0.2) is 47.3 Å². The van der Waals surface area contributed by atoms with E-state index in [1.807, 2.05) is 25.2 Å². The topological polar surface area (TPSA) is 126 Å². The Bertz CT molecular complexity index is 1460.